The van der Waals surface area contributed by atoms with Crippen LogP contribution in [0.15, 0.2) is 58.8 Å². The summed E-state index contributed by atoms with van der Waals surface area (Å²) in [5.74, 6) is -0.557. The molecule has 3 aliphatic heterocycles. The topological polar surface area (TPSA) is 124 Å². The van der Waals surface area contributed by atoms with Crippen molar-refractivity contribution in [2.45, 2.75) is 63.6 Å². The lowest BCUT2D eigenvalue weighted by atomic mass is 9.97. The van der Waals surface area contributed by atoms with Gasteiger partial charge in [0.1, 0.15) is 11.6 Å². The van der Waals surface area contributed by atoms with E-state index in [1.807, 2.05) is 21.6 Å². The van der Waals surface area contributed by atoms with E-state index in [-0.39, 0.29) is 47.6 Å². The molecule has 0 unspecified atom stereocenters. The third kappa shape index (κ3) is 9.40. The normalized spacial score (nSPS) is 21.1. The van der Waals surface area contributed by atoms with Crippen molar-refractivity contribution in [1.29, 1.82) is 0 Å². The second kappa shape index (κ2) is 16.2. The maximum absolute atomic E-state index is 13.8. The number of morpholine rings is 1. The largest absolute Gasteiger partial charge is 0.481 e. The second-order valence-corrected chi connectivity index (χ2v) is 13.4. The summed E-state index contributed by atoms with van der Waals surface area (Å²) in [7, 11) is 0. The first-order valence-corrected chi connectivity index (χ1v) is 17.2. The second-order valence-electron chi connectivity index (χ2n) is 13.0. The van der Waals surface area contributed by atoms with Gasteiger partial charge in [0.2, 0.25) is 5.95 Å². The van der Waals surface area contributed by atoms with Crippen LogP contribution < -0.4 is 15.5 Å². The van der Waals surface area contributed by atoms with E-state index >= 15 is 0 Å². The summed E-state index contributed by atoms with van der Waals surface area (Å²) in [6, 6.07) is 0.842. The van der Waals surface area contributed by atoms with Crippen LogP contribution in [0.1, 0.15) is 49.3 Å². The van der Waals surface area contributed by atoms with Gasteiger partial charge in [0.25, 0.3) is 0 Å². The molecule has 2 aromatic rings. The molecule has 0 amide bonds. The average molecular weight is 759 g/mol. The van der Waals surface area contributed by atoms with Crippen molar-refractivity contribution in [3.8, 4) is 0 Å². The molecule has 284 valence electrons. The van der Waals surface area contributed by atoms with Gasteiger partial charge in [0.15, 0.2) is 0 Å². The number of anilines is 2. The van der Waals surface area contributed by atoms with Crippen molar-refractivity contribution in [3.05, 3.63) is 70.5 Å². The molecule has 3 fully saturated rings. The zero-order valence-electron chi connectivity index (χ0n) is 28.5. The first-order valence-electron chi connectivity index (χ1n) is 16.9. The minimum absolute atomic E-state index is 0.103. The Kier molecular flexibility index (Phi) is 12.1. The number of allylic oxidation sites excluding steroid dienone is 1. The molecule has 4 heterocycles. The fourth-order valence-electron chi connectivity index (χ4n) is 6.72. The number of carboxylic acid groups (broad SMARTS) is 1. The summed E-state index contributed by atoms with van der Waals surface area (Å²) in [5.41, 5.74) is 4.22. The standard InChI is InChI=1S/C34H41ClF6N8O3/c1-3-26-15-27(20-48(26)30(42)29(35)18-43-21(2)46-6-4-23(5-7-46)31(50)51)49(32-44-16-28(17-45-32)47-8-10-52-11-9-47)19-22-12-24(33(36,37)38)14-25(13-22)34(39,40)41/h12-14,16-18,23,26-27H,2-11,15,19-20,42H2,1H3,(H,50,51)/b30-29-,43-18-/t26-,27+/m1/s1. The number of piperidine rings is 1. The fraction of sp³-hybridized carbons (Fsp3) is 0.529. The molecule has 3 saturated heterocycles. The van der Waals surface area contributed by atoms with Crippen LogP contribution in [0.2, 0.25) is 0 Å². The monoisotopic (exact) mass is 758 g/mol. The van der Waals surface area contributed by atoms with E-state index in [1.54, 1.807) is 17.3 Å². The number of halogens is 7. The lowest BCUT2D eigenvalue weighted by Gasteiger charge is -2.31. The zero-order chi connectivity index (χ0) is 37.8. The highest BCUT2D eigenvalue weighted by atomic mass is 35.5. The Balaban J connectivity index is 1.42. The number of ether oxygens (including phenoxy) is 1. The van der Waals surface area contributed by atoms with Gasteiger partial charge in [-0.3, -0.25) is 4.79 Å². The average Bonchev–Trinajstić information content (AvgIpc) is 3.56. The first-order chi connectivity index (χ1) is 24.5. The zero-order valence-corrected chi connectivity index (χ0v) is 29.3. The van der Waals surface area contributed by atoms with E-state index in [0.717, 1.165) is 0 Å². The van der Waals surface area contributed by atoms with E-state index in [9.17, 15) is 36.2 Å². The molecule has 0 aliphatic carbocycles. The summed E-state index contributed by atoms with van der Waals surface area (Å²) in [6.45, 7) is 8.95. The molecule has 0 radical (unpaired) electrons. The minimum atomic E-state index is -5.01. The van der Waals surface area contributed by atoms with Crippen molar-refractivity contribution in [2.75, 3.05) is 55.7 Å². The Morgan fingerprint density at radius 1 is 1.08 bits per heavy atom. The molecule has 18 heteroatoms. The Morgan fingerprint density at radius 2 is 1.67 bits per heavy atom. The van der Waals surface area contributed by atoms with Gasteiger partial charge < -0.3 is 35.2 Å². The van der Waals surface area contributed by atoms with Crippen LogP contribution in [0.25, 0.3) is 0 Å². The number of nitrogens with two attached hydrogens (primary N) is 1. The van der Waals surface area contributed by atoms with Crippen LogP contribution in [-0.4, -0.2) is 95.1 Å². The molecule has 0 bridgehead atoms. The van der Waals surface area contributed by atoms with E-state index in [0.29, 0.717) is 88.7 Å². The minimum Gasteiger partial charge on any atom is -0.481 e. The number of hydrogen-bond acceptors (Lipinski definition) is 10. The molecule has 0 saturated carbocycles. The molecular formula is C34H41ClF6N8O3. The maximum atomic E-state index is 13.8. The number of aliphatic imine (C=N–C) groups is 1. The molecule has 2 atom stereocenters. The van der Waals surface area contributed by atoms with Gasteiger partial charge in [0, 0.05) is 45.3 Å². The summed E-state index contributed by atoms with van der Waals surface area (Å²) in [5, 5.41) is 9.37. The molecule has 5 rings (SSSR count). The molecule has 1 aromatic heterocycles. The molecular weight excluding hydrogens is 718 g/mol. The van der Waals surface area contributed by atoms with Gasteiger partial charge in [-0.25, -0.2) is 15.0 Å². The van der Waals surface area contributed by atoms with Gasteiger partial charge in [-0.15, -0.1) is 0 Å². The van der Waals surface area contributed by atoms with Crippen LogP contribution in [0.5, 0.6) is 0 Å². The third-order valence-corrected chi connectivity index (χ3v) is 9.94. The lowest BCUT2D eigenvalue weighted by molar-refractivity contribution is -0.144. The van der Waals surface area contributed by atoms with Gasteiger partial charge >= 0.3 is 18.3 Å². The van der Waals surface area contributed by atoms with E-state index < -0.39 is 41.4 Å². The number of likely N-dealkylation sites (tertiary alicyclic amines) is 2. The van der Waals surface area contributed by atoms with Crippen molar-refractivity contribution in [3.63, 3.8) is 0 Å². The van der Waals surface area contributed by atoms with E-state index in [1.165, 1.54) is 6.21 Å². The molecule has 52 heavy (non-hydrogen) atoms. The molecule has 1 aromatic carbocycles. The molecule has 3 N–H and O–H groups in total. The SMILES string of the molecule is C=C(/N=C\C(Cl)=C(/N)N1C[C@@H](N(Cc2cc(C(F)(F)F)cc(C(F)(F)F)c2)c2ncc(N3CCOCC3)cn2)C[C@H]1CC)N1CCC(C(=O)O)CC1. The van der Waals surface area contributed by atoms with E-state index in [4.69, 9.17) is 22.1 Å². The molecule has 11 nitrogen and oxygen atoms in total. The highest BCUT2D eigenvalue weighted by Crippen LogP contribution is 2.38. The quantitative estimate of drug-likeness (QED) is 0.211. The maximum Gasteiger partial charge on any atom is 0.416 e. The van der Waals surface area contributed by atoms with Crippen LogP contribution in [0, 0.1) is 5.92 Å². The van der Waals surface area contributed by atoms with Crippen molar-refractivity contribution in [1.82, 2.24) is 19.8 Å². The van der Waals surface area contributed by atoms with Gasteiger partial charge in [-0.1, -0.05) is 25.1 Å². The van der Waals surface area contributed by atoms with Crippen molar-refractivity contribution < 1.29 is 41.0 Å². The smallest absolute Gasteiger partial charge is 0.416 e. The number of carboxylic acids is 1. The molecule has 3 aliphatic rings. The summed E-state index contributed by atoms with van der Waals surface area (Å²) in [4.78, 5) is 32.0. The Bertz CT molecular complexity index is 1610. The highest BCUT2D eigenvalue weighted by molar-refractivity contribution is 6.39. The van der Waals surface area contributed by atoms with Gasteiger partial charge in [-0.2, -0.15) is 26.3 Å². The number of carbonyl (C=O) groups is 1. The van der Waals surface area contributed by atoms with Crippen LogP contribution >= 0.6 is 11.6 Å². The summed E-state index contributed by atoms with van der Waals surface area (Å²) < 4.78 is 88.2. The third-order valence-electron chi connectivity index (χ3n) is 9.65. The number of aliphatic carboxylic acids is 1. The Hall–Kier alpha value is -4.25. The van der Waals surface area contributed by atoms with Crippen molar-refractivity contribution >= 4 is 35.4 Å². The van der Waals surface area contributed by atoms with Gasteiger partial charge in [-0.05, 0) is 49.4 Å². The van der Waals surface area contributed by atoms with Gasteiger partial charge in [0.05, 0.1) is 65.6 Å². The predicted octanol–water partition coefficient (Wildman–Crippen LogP) is 5.92. The molecule has 0 spiro atoms. The number of rotatable bonds is 11. The number of hydrogen-bond donors (Lipinski definition) is 2. The number of nitrogens with zero attached hydrogens (tertiary/aromatic N) is 7. The van der Waals surface area contributed by atoms with Crippen LogP contribution in [-0.2, 0) is 28.4 Å². The predicted molar refractivity (Wildman–Crippen MR) is 184 cm³/mol. The number of benzene rings is 1. The Labute approximate surface area is 302 Å². The van der Waals surface area contributed by atoms with Crippen LogP contribution in [0.3, 0.4) is 0 Å². The van der Waals surface area contributed by atoms with Crippen molar-refractivity contribution in [2.24, 2.45) is 16.6 Å². The first kappa shape index (κ1) is 39.0. The highest BCUT2D eigenvalue weighted by Gasteiger charge is 2.39. The fourth-order valence-corrected chi connectivity index (χ4v) is 6.88. The van der Waals surface area contributed by atoms with Crippen LogP contribution in [0.4, 0.5) is 38.0 Å². The number of aromatic nitrogens is 2. The lowest BCUT2D eigenvalue weighted by Crippen LogP contribution is -2.40. The van der Waals surface area contributed by atoms with E-state index in [2.05, 4.69) is 21.5 Å². The number of alkyl halides is 6. The summed E-state index contributed by atoms with van der Waals surface area (Å²) in [6.07, 6.45) is -3.57. The summed E-state index contributed by atoms with van der Waals surface area (Å²) >= 11 is 6.63. The Morgan fingerprint density at radius 3 is 2.21 bits per heavy atom.